The number of nitrogens with zero attached hydrogens (tertiary/aromatic N) is 2. The highest BCUT2D eigenvalue weighted by Crippen LogP contribution is 2.58. The van der Waals surface area contributed by atoms with Gasteiger partial charge in [-0.2, -0.15) is 0 Å². The number of hydrogen-bond donors (Lipinski definition) is 1. The van der Waals surface area contributed by atoms with E-state index in [1.54, 1.807) is 11.9 Å². The van der Waals surface area contributed by atoms with E-state index in [1.807, 2.05) is 4.90 Å². The molecule has 4 rings (SSSR count). The van der Waals surface area contributed by atoms with Gasteiger partial charge in [-0.05, 0) is 49.7 Å². The molecule has 1 heterocycles. The predicted molar refractivity (Wildman–Crippen MR) is 115 cm³/mol. The molecule has 1 aromatic carbocycles. The molecule has 8 heteroatoms. The van der Waals surface area contributed by atoms with Crippen LogP contribution in [-0.2, 0) is 4.79 Å². The van der Waals surface area contributed by atoms with E-state index in [-0.39, 0.29) is 33.3 Å². The number of nitrogens with two attached hydrogens (primary N) is 1. The summed E-state index contributed by atoms with van der Waals surface area (Å²) in [5.41, 5.74) is 4.99. The number of benzene rings is 1. The van der Waals surface area contributed by atoms with E-state index in [0.29, 0.717) is 31.4 Å². The SMILES string of the molecule is CN1CC2(CCC(C(N)=O)C2)N([C@@H](c2c(F)ccc(Cl)c2Cl)C2(C)CCCC2)C1=O. The van der Waals surface area contributed by atoms with Crippen molar-refractivity contribution in [3.63, 3.8) is 0 Å². The zero-order chi connectivity index (χ0) is 21.8. The van der Waals surface area contributed by atoms with Crippen LogP contribution in [0.2, 0.25) is 10.0 Å². The Morgan fingerprint density at radius 3 is 2.53 bits per heavy atom. The van der Waals surface area contributed by atoms with Gasteiger partial charge in [-0.15, -0.1) is 0 Å². The third-order valence-corrected chi connectivity index (χ3v) is 8.40. The Balaban J connectivity index is 1.89. The van der Waals surface area contributed by atoms with Crippen LogP contribution in [-0.4, -0.2) is 40.9 Å². The van der Waals surface area contributed by atoms with Crippen LogP contribution >= 0.6 is 23.2 Å². The summed E-state index contributed by atoms with van der Waals surface area (Å²) >= 11 is 12.9. The molecule has 5 nitrogen and oxygen atoms in total. The zero-order valence-electron chi connectivity index (χ0n) is 17.4. The van der Waals surface area contributed by atoms with Gasteiger partial charge in [0.15, 0.2) is 0 Å². The van der Waals surface area contributed by atoms with E-state index < -0.39 is 17.4 Å². The Labute approximate surface area is 186 Å². The molecule has 1 spiro atoms. The minimum absolute atomic E-state index is 0.159. The minimum Gasteiger partial charge on any atom is -0.369 e. The van der Waals surface area contributed by atoms with Gasteiger partial charge >= 0.3 is 6.03 Å². The molecule has 3 atom stereocenters. The Morgan fingerprint density at radius 1 is 1.27 bits per heavy atom. The van der Waals surface area contributed by atoms with Crippen LogP contribution in [0.5, 0.6) is 0 Å². The van der Waals surface area contributed by atoms with Crippen molar-refractivity contribution in [2.75, 3.05) is 13.6 Å². The van der Waals surface area contributed by atoms with E-state index in [0.717, 1.165) is 25.7 Å². The van der Waals surface area contributed by atoms with Gasteiger partial charge in [0.1, 0.15) is 5.82 Å². The van der Waals surface area contributed by atoms with Crippen molar-refractivity contribution in [1.82, 2.24) is 9.80 Å². The number of hydrogen-bond acceptors (Lipinski definition) is 2. The first-order chi connectivity index (χ1) is 14.1. The highest BCUT2D eigenvalue weighted by atomic mass is 35.5. The van der Waals surface area contributed by atoms with Gasteiger partial charge in [0.05, 0.1) is 21.6 Å². The Bertz CT molecular complexity index is 889. The number of rotatable bonds is 4. The maximum absolute atomic E-state index is 15.3. The standard InChI is InChI=1S/C22H28Cl2FN3O2/c1-21(8-3-4-9-21)18(16-15(25)6-5-14(23)17(16)24)28-20(30)27(2)12-22(28)10-7-13(11-22)19(26)29/h5-6,13,18H,3-4,7-12H2,1-2H3,(H2,26,29)/t13?,18-,22?/m0/s1. The third kappa shape index (κ3) is 3.27. The lowest BCUT2D eigenvalue weighted by Crippen LogP contribution is -2.52. The fraction of sp³-hybridized carbons (Fsp3) is 0.636. The lowest BCUT2D eigenvalue weighted by Gasteiger charge is -2.47. The normalized spacial score (nSPS) is 29.2. The predicted octanol–water partition coefficient (Wildman–Crippen LogP) is 5.15. The first kappa shape index (κ1) is 21.7. The van der Waals surface area contributed by atoms with Crippen molar-refractivity contribution < 1.29 is 14.0 Å². The van der Waals surface area contributed by atoms with Crippen LogP contribution < -0.4 is 5.73 Å². The number of primary amides is 1. The summed E-state index contributed by atoms with van der Waals surface area (Å²) in [6.45, 7) is 2.60. The molecule has 0 radical (unpaired) electrons. The summed E-state index contributed by atoms with van der Waals surface area (Å²) in [4.78, 5) is 28.9. The largest absolute Gasteiger partial charge is 0.369 e. The molecule has 3 amide bonds. The highest BCUT2D eigenvalue weighted by molar-refractivity contribution is 6.42. The maximum Gasteiger partial charge on any atom is 0.320 e. The smallest absolute Gasteiger partial charge is 0.320 e. The molecule has 2 unspecified atom stereocenters. The topological polar surface area (TPSA) is 66.6 Å². The molecule has 1 aromatic rings. The summed E-state index contributed by atoms with van der Waals surface area (Å²) in [6.07, 6.45) is 5.53. The monoisotopic (exact) mass is 455 g/mol. The van der Waals surface area contributed by atoms with E-state index in [4.69, 9.17) is 28.9 Å². The van der Waals surface area contributed by atoms with Crippen LogP contribution in [0.1, 0.15) is 63.5 Å². The summed E-state index contributed by atoms with van der Waals surface area (Å²) < 4.78 is 15.3. The molecule has 0 bridgehead atoms. The maximum atomic E-state index is 15.3. The van der Waals surface area contributed by atoms with Crippen LogP contribution in [0, 0.1) is 17.2 Å². The molecular formula is C22H28Cl2FN3O2. The van der Waals surface area contributed by atoms with Gasteiger partial charge in [0.25, 0.3) is 0 Å². The average molecular weight is 456 g/mol. The van der Waals surface area contributed by atoms with E-state index in [1.165, 1.54) is 12.1 Å². The van der Waals surface area contributed by atoms with Crippen molar-refractivity contribution in [3.8, 4) is 0 Å². The number of likely N-dealkylation sites (N-methyl/N-ethyl adjacent to an activating group) is 1. The molecule has 2 saturated carbocycles. The van der Waals surface area contributed by atoms with Crippen LogP contribution in [0.25, 0.3) is 0 Å². The van der Waals surface area contributed by atoms with Crippen LogP contribution in [0.4, 0.5) is 9.18 Å². The summed E-state index contributed by atoms with van der Waals surface area (Å²) in [7, 11) is 1.76. The summed E-state index contributed by atoms with van der Waals surface area (Å²) in [5.74, 6) is -1.09. The van der Waals surface area contributed by atoms with Gasteiger partial charge in [0, 0.05) is 25.1 Å². The molecule has 3 aliphatic rings. The quantitative estimate of drug-likeness (QED) is 0.638. The van der Waals surface area contributed by atoms with E-state index in [9.17, 15) is 9.59 Å². The highest BCUT2D eigenvalue weighted by Gasteiger charge is 2.59. The lowest BCUT2D eigenvalue weighted by molar-refractivity contribution is -0.121. The van der Waals surface area contributed by atoms with Gasteiger partial charge in [-0.1, -0.05) is 43.0 Å². The molecule has 3 fully saturated rings. The first-order valence-electron chi connectivity index (χ1n) is 10.6. The van der Waals surface area contributed by atoms with E-state index in [2.05, 4.69) is 6.92 Å². The molecule has 164 valence electrons. The molecule has 1 saturated heterocycles. The van der Waals surface area contributed by atoms with Crippen molar-refractivity contribution in [2.45, 2.75) is 63.5 Å². The van der Waals surface area contributed by atoms with Gasteiger partial charge in [0.2, 0.25) is 5.91 Å². The molecule has 2 N–H and O–H groups in total. The van der Waals surface area contributed by atoms with Crippen LogP contribution in [0.15, 0.2) is 12.1 Å². The second-order valence-electron chi connectivity index (χ2n) is 9.60. The Kier molecular flexibility index (Phi) is 5.46. The molecular weight excluding hydrogens is 428 g/mol. The second-order valence-corrected chi connectivity index (χ2v) is 10.4. The van der Waals surface area contributed by atoms with Gasteiger partial charge < -0.3 is 15.5 Å². The molecule has 0 aromatic heterocycles. The summed E-state index contributed by atoms with van der Waals surface area (Å²) in [5, 5.41) is 0.437. The fourth-order valence-corrected chi connectivity index (χ4v) is 6.53. The van der Waals surface area contributed by atoms with Crippen LogP contribution in [0.3, 0.4) is 0 Å². The average Bonchev–Trinajstić information content (AvgIpc) is 3.37. The van der Waals surface area contributed by atoms with Crippen molar-refractivity contribution >= 4 is 35.1 Å². The number of carbonyl (C=O) groups excluding carboxylic acids is 2. The second kappa shape index (κ2) is 7.56. The first-order valence-corrected chi connectivity index (χ1v) is 11.3. The molecule has 1 aliphatic heterocycles. The van der Waals surface area contributed by atoms with Crippen molar-refractivity contribution in [2.24, 2.45) is 17.1 Å². The zero-order valence-corrected chi connectivity index (χ0v) is 18.9. The Morgan fingerprint density at radius 2 is 1.93 bits per heavy atom. The molecule has 30 heavy (non-hydrogen) atoms. The summed E-state index contributed by atoms with van der Waals surface area (Å²) in [6, 6.07) is 2.06. The number of urea groups is 1. The number of amides is 3. The van der Waals surface area contributed by atoms with Crippen molar-refractivity contribution in [3.05, 3.63) is 33.6 Å². The van der Waals surface area contributed by atoms with Gasteiger partial charge in [-0.25, -0.2) is 9.18 Å². The van der Waals surface area contributed by atoms with Gasteiger partial charge in [-0.3, -0.25) is 4.79 Å². The fourth-order valence-electron chi connectivity index (χ4n) is 6.11. The molecule has 2 aliphatic carbocycles. The minimum atomic E-state index is -0.570. The lowest BCUT2D eigenvalue weighted by atomic mass is 9.74. The Hall–Kier alpha value is -1.53. The third-order valence-electron chi connectivity index (χ3n) is 7.58. The van der Waals surface area contributed by atoms with E-state index >= 15 is 4.39 Å². The number of carbonyl (C=O) groups is 2. The number of halogens is 3. The van der Waals surface area contributed by atoms with Crippen molar-refractivity contribution in [1.29, 1.82) is 0 Å².